The van der Waals surface area contributed by atoms with E-state index in [1.165, 1.54) is 0 Å². The molecule has 0 heterocycles. The molecule has 0 fully saturated rings. The van der Waals surface area contributed by atoms with Crippen LogP contribution >= 0.6 is 0 Å². The summed E-state index contributed by atoms with van der Waals surface area (Å²) in [5, 5.41) is 18.2. The Morgan fingerprint density at radius 1 is 1.21 bits per heavy atom. The molecule has 19 heavy (non-hydrogen) atoms. The summed E-state index contributed by atoms with van der Waals surface area (Å²) in [5.41, 5.74) is 7.26. The Balaban J connectivity index is 2.89. The minimum Gasteiger partial charge on any atom is -0.491 e. The number of nitrogens with two attached hydrogens (primary N) is 1. The van der Waals surface area contributed by atoms with Gasteiger partial charge in [0.2, 0.25) is 0 Å². The van der Waals surface area contributed by atoms with Crippen LogP contribution in [-0.2, 0) is 0 Å². The number of aliphatic hydroxyl groups is 2. The van der Waals surface area contributed by atoms with Crippen LogP contribution in [0.5, 0.6) is 5.75 Å². The number of unbranched alkanes of at least 4 members (excludes halogenated alkanes) is 1. The van der Waals surface area contributed by atoms with Crippen LogP contribution in [-0.4, -0.2) is 43.1 Å². The predicted molar refractivity (Wildman–Crippen MR) is 77.6 cm³/mol. The van der Waals surface area contributed by atoms with Crippen molar-refractivity contribution in [1.82, 2.24) is 0 Å². The fraction of sp³-hybridized carbons (Fsp3) is 0.571. The number of hydrogen-bond acceptors (Lipinski definition) is 5. The molecule has 1 rings (SSSR count). The van der Waals surface area contributed by atoms with Gasteiger partial charge in [-0.3, -0.25) is 0 Å². The molecule has 4 N–H and O–H groups in total. The van der Waals surface area contributed by atoms with Gasteiger partial charge >= 0.3 is 0 Å². The van der Waals surface area contributed by atoms with Gasteiger partial charge in [-0.05, 0) is 24.6 Å². The number of hydrogen-bond donors (Lipinski definition) is 3. The van der Waals surface area contributed by atoms with Crippen LogP contribution in [0.1, 0.15) is 19.8 Å². The maximum Gasteiger partial charge on any atom is 0.142 e. The Morgan fingerprint density at radius 2 is 1.89 bits per heavy atom. The average Bonchev–Trinajstić information content (AvgIpc) is 2.40. The first-order valence-electron chi connectivity index (χ1n) is 6.72. The first-order chi connectivity index (χ1) is 9.22. The van der Waals surface area contributed by atoms with E-state index < -0.39 is 0 Å². The van der Waals surface area contributed by atoms with Crippen LogP contribution < -0.4 is 15.4 Å². The highest BCUT2D eigenvalue weighted by atomic mass is 16.5. The van der Waals surface area contributed by atoms with E-state index in [4.69, 9.17) is 20.7 Å². The van der Waals surface area contributed by atoms with Crippen molar-refractivity contribution in [1.29, 1.82) is 0 Å². The summed E-state index contributed by atoms with van der Waals surface area (Å²) < 4.78 is 5.75. The largest absolute Gasteiger partial charge is 0.491 e. The van der Waals surface area contributed by atoms with E-state index in [1.54, 1.807) is 6.07 Å². The molecule has 1 aromatic carbocycles. The van der Waals surface area contributed by atoms with Crippen LogP contribution in [0.2, 0.25) is 0 Å². The fourth-order valence-corrected chi connectivity index (χ4v) is 1.82. The molecule has 0 aliphatic rings. The molecule has 0 radical (unpaired) electrons. The van der Waals surface area contributed by atoms with E-state index in [2.05, 4.69) is 6.92 Å². The minimum atomic E-state index is 0.0171. The third kappa shape index (κ3) is 4.96. The number of nitrogen functional groups attached to an aromatic ring is 1. The molecule has 108 valence electrons. The van der Waals surface area contributed by atoms with Crippen LogP contribution in [0.15, 0.2) is 18.2 Å². The molecule has 0 saturated heterocycles. The van der Waals surface area contributed by atoms with Crippen molar-refractivity contribution >= 4 is 11.4 Å². The molecule has 5 heteroatoms. The van der Waals surface area contributed by atoms with Gasteiger partial charge in [-0.2, -0.15) is 0 Å². The van der Waals surface area contributed by atoms with Gasteiger partial charge in [0, 0.05) is 18.8 Å². The number of benzene rings is 1. The van der Waals surface area contributed by atoms with Gasteiger partial charge in [0.25, 0.3) is 0 Å². The van der Waals surface area contributed by atoms with Crippen molar-refractivity contribution in [2.75, 3.05) is 43.5 Å². The van der Waals surface area contributed by atoms with Crippen molar-refractivity contribution in [3.63, 3.8) is 0 Å². The smallest absolute Gasteiger partial charge is 0.142 e. The average molecular weight is 268 g/mol. The lowest BCUT2D eigenvalue weighted by molar-refractivity contribution is 0.278. The van der Waals surface area contributed by atoms with Crippen molar-refractivity contribution in [2.45, 2.75) is 19.8 Å². The van der Waals surface area contributed by atoms with Gasteiger partial charge in [0.15, 0.2) is 0 Å². The van der Waals surface area contributed by atoms with Crippen LogP contribution in [0, 0.1) is 0 Å². The highest BCUT2D eigenvalue weighted by molar-refractivity contribution is 5.65. The summed E-state index contributed by atoms with van der Waals surface area (Å²) in [5.74, 6) is 0.740. The highest BCUT2D eigenvalue weighted by Gasteiger charge is 2.12. The van der Waals surface area contributed by atoms with Crippen molar-refractivity contribution < 1.29 is 14.9 Å². The summed E-state index contributed by atoms with van der Waals surface area (Å²) in [7, 11) is 0. The fourth-order valence-electron chi connectivity index (χ4n) is 1.82. The Morgan fingerprint density at radius 3 is 2.47 bits per heavy atom. The molecule has 0 atom stereocenters. The lowest BCUT2D eigenvalue weighted by Crippen LogP contribution is -2.30. The van der Waals surface area contributed by atoms with E-state index in [0.717, 1.165) is 24.3 Å². The molecule has 0 bridgehead atoms. The summed E-state index contributed by atoms with van der Waals surface area (Å²) in [6.07, 6.45) is 2.06. The first-order valence-corrected chi connectivity index (χ1v) is 6.72. The van der Waals surface area contributed by atoms with E-state index in [-0.39, 0.29) is 13.2 Å². The SMILES string of the molecule is CCCCOc1ccc(N)cc1N(CCO)CCO. The van der Waals surface area contributed by atoms with Gasteiger partial charge in [-0.25, -0.2) is 0 Å². The van der Waals surface area contributed by atoms with Gasteiger partial charge in [0.1, 0.15) is 5.75 Å². The number of aliphatic hydroxyl groups excluding tert-OH is 2. The molecule has 0 amide bonds. The Bertz CT molecular complexity index is 366. The summed E-state index contributed by atoms with van der Waals surface area (Å²) in [6.45, 7) is 3.67. The number of ether oxygens (including phenoxy) is 1. The molecule has 5 nitrogen and oxygen atoms in total. The third-order valence-corrected chi connectivity index (χ3v) is 2.82. The van der Waals surface area contributed by atoms with Crippen LogP contribution in [0.3, 0.4) is 0 Å². The molecule has 1 aromatic rings. The highest BCUT2D eigenvalue weighted by Crippen LogP contribution is 2.30. The first kappa shape index (κ1) is 15.6. The quantitative estimate of drug-likeness (QED) is 0.464. The Hall–Kier alpha value is -1.46. The Kier molecular flexibility index (Phi) is 7.07. The third-order valence-electron chi connectivity index (χ3n) is 2.82. The summed E-state index contributed by atoms with van der Waals surface area (Å²) in [4.78, 5) is 1.87. The predicted octanol–water partition coefficient (Wildman–Crippen LogP) is 1.24. The molecule has 0 aromatic heterocycles. The molecule has 0 aliphatic heterocycles. The second-order valence-electron chi connectivity index (χ2n) is 4.36. The molecule has 0 spiro atoms. The topological polar surface area (TPSA) is 79.0 Å². The van der Waals surface area contributed by atoms with Gasteiger partial charge < -0.3 is 25.6 Å². The summed E-state index contributed by atoms with van der Waals surface area (Å²) in [6, 6.07) is 5.44. The van der Waals surface area contributed by atoms with Gasteiger partial charge in [-0.1, -0.05) is 13.3 Å². The Labute approximate surface area is 114 Å². The maximum absolute atomic E-state index is 9.10. The van der Waals surface area contributed by atoms with Crippen LogP contribution in [0.4, 0.5) is 11.4 Å². The van der Waals surface area contributed by atoms with Gasteiger partial charge in [-0.15, -0.1) is 0 Å². The lowest BCUT2D eigenvalue weighted by atomic mass is 10.2. The lowest BCUT2D eigenvalue weighted by Gasteiger charge is -2.25. The molecular formula is C14H24N2O3. The molecule has 0 aliphatic carbocycles. The number of rotatable bonds is 9. The molecule has 0 unspecified atom stereocenters. The maximum atomic E-state index is 9.10. The van der Waals surface area contributed by atoms with Crippen molar-refractivity contribution in [3.8, 4) is 5.75 Å². The van der Waals surface area contributed by atoms with E-state index in [9.17, 15) is 0 Å². The minimum absolute atomic E-state index is 0.0171. The van der Waals surface area contributed by atoms with E-state index in [1.807, 2.05) is 17.0 Å². The molecular weight excluding hydrogens is 244 g/mol. The number of anilines is 2. The van der Waals surface area contributed by atoms with E-state index >= 15 is 0 Å². The second-order valence-corrected chi connectivity index (χ2v) is 4.36. The standard InChI is InChI=1S/C14H24N2O3/c1-2-3-10-19-14-5-4-12(15)11-13(14)16(6-8-17)7-9-18/h4-5,11,17-18H,2-3,6-10,15H2,1H3. The number of nitrogens with zero attached hydrogens (tertiary/aromatic N) is 1. The molecule has 0 saturated carbocycles. The van der Waals surface area contributed by atoms with Crippen molar-refractivity contribution in [2.24, 2.45) is 0 Å². The zero-order valence-corrected chi connectivity index (χ0v) is 11.5. The zero-order chi connectivity index (χ0) is 14.1. The van der Waals surface area contributed by atoms with Crippen LogP contribution in [0.25, 0.3) is 0 Å². The van der Waals surface area contributed by atoms with Gasteiger partial charge in [0.05, 0.1) is 25.5 Å². The summed E-state index contributed by atoms with van der Waals surface area (Å²) >= 11 is 0. The second kappa shape index (κ2) is 8.61. The zero-order valence-electron chi connectivity index (χ0n) is 11.5. The monoisotopic (exact) mass is 268 g/mol. The van der Waals surface area contributed by atoms with Crippen molar-refractivity contribution in [3.05, 3.63) is 18.2 Å². The normalized spacial score (nSPS) is 10.5. The van der Waals surface area contributed by atoms with E-state index in [0.29, 0.717) is 25.4 Å².